The Morgan fingerprint density at radius 2 is 1.71 bits per heavy atom. The highest BCUT2D eigenvalue weighted by Gasteiger charge is 2.22. The van der Waals surface area contributed by atoms with Crippen LogP contribution in [0.2, 0.25) is 5.02 Å². The molecule has 0 radical (unpaired) electrons. The lowest BCUT2D eigenvalue weighted by atomic mass is 10.2. The van der Waals surface area contributed by atoms with E-state index in [4.69, 9.17) is 11.6 Å². The van der Waals surface area contributed by atoms with E-state index in [1.165, 1.54) is 24.3 Å². The average molecular weight is 352 g/mol. The number of benzene rings is 2. The van der Waals surface area contributed by atoms with Gasteiger partial charge in [0.05, 0.1) is 10.7 Å². The maximum absolute atomic E-state index is 13.8. The first-order valence-electron chi connectivity index (χ1n) is 7.55. The molecule has 0 aliphatic carbocycles. The Bertz CT molecular complexity index is 748. The zero-order valence-electron chi connectivity index (χ0n) is 12.8. The van der Waals surface area contributed by atoms with Crippen molar-refractivity contribution in [3.05, 3.63) is 59.1 Å². The van der Waals surface area contributed by atoms with Crippen LogP contribution in [0.25, 0.3) is 0 Å². The molecule has 2 aromatic carbocycles. The van der Waals surface area contributed by atoms with Gasteiger partial charge in [-0.1, -0.05) is 23.7 Å². The average Bonchev–Trinajstić information content (AvgIpc) is 2.59. The molecule has 1 saturated heterocycles. The van der Waals surface area contributed by atoms with Crippen LogP contribution in [0.15, 0.2) is 42.5 Å². The van der Waals surface area contributed by atoms with Gasteiger partial charge in [0.1, 0.15) is 11.6 Å². The number of anilines is 2. The lowest BCUT2D eigenvalue weighted by Crippen LogP contribution is -2.50. The Kier molecular flexibility index (Phi) is 4.85. The molecular formula is C17H16ClF2N3O. The van der Waals surface area contributed by atoms with Gasteiger partial charge in [-0.2, -0.15) is 0 Å². The zero-order chi connectivity index (χ0) is 17.1. The number of hydrogen-bond donors (Lipinski definition) is 1. The van der Waals surface area contributed by atoms with Crippen LogP contribution >= 0.6 is 11.6 Å². The van der Waals surface area contributed by atoms with Gasteiger partial charge in [0, 0.05) is 31.9 Å². The van der Waals surface area contributed by atoms with Crippen LogP contribution in [-0.2, 0) is 0 Å². The van der Waals surface area contributed by atoms with Crippen molar-refractivity contribution in [3.8, 4) is 0 Å². The van der Waals surface area contributed by atoms with Crippen LogP contribution in [0.4, 0.5) is 25.0 Å². The molecule has 0 spiro atoms. The normalized spacial score (nSPS) is 14.6. The molecule has 0 atom stereocenters. The summed E-state index contributed by atoms with van der Waals surface area (Å²) in [6.45, 7) is 2.02. The molecule has 126 valence electrons. The van der Waals surface area contributed by atoms with Crippen molar-refractivity contribution in [1.29, 1.82) is 0 Å². The summed E-state index contributed by atoms with van der Waals surface area (Å²) in [6, 6.07) is 10.3. The van der Waals surface area contributed by atoms with E-state index in [-0.39, 0.29) is 16.9 Å². The molecule has 7 heteroatoms. The SMILES string of the molecule is O=C(Nc1ccc(F)c(Cl)c1)N1CCN(c2ccccc2F)CC1. The molecule has 1 fully saturated rings. The minimum atomic E-state index is -0.534. The van der Waals surface area contributed by atoms with Crippen LogP contribution in [0.3, 0.4) is 0 Å². The monoisotopic (exact) mass is 351 g/mol. The molecule has 1 aliphatic heterocycles. The fraction of sp³-hybridized carbons (Fsp3) is 0.235. The number of nitrogens with zero attached hydrogens (tertiary/aromatic N) is 2. The van der Waals surface area contributed by atoms with Crippen LogP contribution in [0, 0.1) is 11.6 Å². The molecule has 0 unspecified atom stereocenters. The van der Waals surface area contributed by atoms with Crippen molar-refractivity contribution in [3.63, 3.8) is 0 Å². The molecule has 3 rings (SSSR count). The van der Waals surface area contributed by atoms with Gasteiger partial charge < -0.3 is 15.1 Å². The van der Waals surface area contributed by atoms with E-state index >= 15 is 0 Å². The Morgan fingerprint density at radius 1 is 1.00 bits per heavy atom. The standard InChI is InChI=1S/C17H16ClF2N3O/c18-13-11-12(5-6-14(13)19)21-17(24)23-9-7-22(8-10-23)16-4-2-1-3-15(16)20/h1-6,11H,7-10H2,(H,21,24). The Balaban J connectivity index is 1.59. The number of rotatable bonds is 2. The van der Waals surface area contributed by atoms with Crippen molar-refractivity contribution < 1.29 is 13.6 Å². The molecule has 4 nitrogen and oxygen atoms in total. The number of piperazine rings is 1. The summed E-state index contributed by atoms with van der Waals surface area (Å²) in [5.74, 6) is -0.801. The summed E-state index contributed by atoms with van der Waals surface area (Å²) in [7, 11) is 0. The highest BCUT2D eigenvalue weighted by molar-refractivity contribution is 6.31. The minimum Gasteiger partial charge on any atom is -0.366 e. The van der Waals surface area contributed by atoms with Crippen molar-refractivity contribution in [1.82, 2.24) is 4.90 Å². The first kappa shape index (κ1) is 16.5. The van der Waals surface area contributed by atoms with E-state index in [1.54, 1.807) is 23.1 Å². The number of nitrogens with one attached hydrogen (secondary N) is 1. The van der Waals surface area contributed by atoms with Crippen LogP contribution in [0.5, 0.6) is 0 Å². The number of para-hydroxylation sites is 1. The van der Waals surface area contributed by atoms with Gasteiger partial charge >= 0.3 is 6.03 Å². The second-order valence-corrected chi connectivity index (χ2v) is 5.89. The van der Waals surface area contributed by atoms with Crippen LogP contribution < -0.4 is 10.2 Å². The van der Waals surface area contributed by atoms with Gasteiger partial charge in [-0.3, -0.25) is 0 Å². The van der Waals surface area contributed by atoms with Gasteiger partial charge in [-0.05, 0) is 30.3 Å². The third-order valence-corrected chi connectivity index (χ3v) is 4.22. The number of carbonyl (C=O) groups is 1. The maximum Gasteiger partial charge on any atom is 0.321 e. The topological polar surface area (TPSA) is 35.6 Å². The van der Waals surface area contributed by atoms with Gasteiger partial charge in [0.2, 0.25) is 0 Å². The molecule has 0 aromatic heterocycles. The quantitative estimate of drug-likeness (QED) is 0.888. The summed E-state index contributed by atoms with van der Waals surface area (Å²) in [6.07, 6.45) is 0. The van der Waals surface area contributed by atoms with E-state index < -0.39 is 5.82 Å². The predicted octanol–water partition coefficient (Wildman–Crippen LogP) is 3.97. The molecular weight excluding hydrogens is 336 g/mol. The number of halogens is 3. The minimum absolute atomic E-state index is 0.0443. The Labute approximate surface area is 143 Å². The molecule has 2 aromatic rings. The molecule has 2 amide bonds. The highest BCUT2D eigenvalue weighted by Crippen LogP contribution is 2.22. The van der Waals surface area contributed by atoms with E-state index in [0.717, 1.165) is 0 Å². The lowest BCUT2D eigenvalue weighted by molar-refractivity contribution is 0.208. The lowest BCUT2D eigenvalue weighted by Gasteiger charge is -2.36. The third-order valence-electron chi connectivity index (χ3n) is 3.93. The van der Waals surface area contributed by atoms with Gasteiger partial charge in [0.25, 0.3) is 0 Å². The molecule has 24 heavy (non-hydrogen) atoms. The Hall–Kier alpha value is -2.34. The fourth-order valence-electron chi connectivity index (χ4n) is 2.64. The summed E-state index contributed by atoms with van der Waals surface area (Å²) in [4.78, 5) is 15.8. The number of carbonyl (C=O) groups excluding carboxylic acids is 1. The summed E-state index contributed by atoms with van der Waals surface area (Å²) in [5, 5.41) is 2.64. The zero-order valence-corrected chi connectivity index (χ0v) is 13.6. The maximum atomic E-state index is 13.8. The van der Waals surface area contributed by atoms with E-state index in [1.807, 2.05) is 4.90 Å². The first-order chi connectivity index (χ1) is 11.5. The van der Waals surface area contributed by atoms with E-state index in [0.29, 0.717) is 37.6 Å². The highest BCUT2D eigenvalue weighted by atomic mass is 35.5. The fourth-order valence-corrected chi connectivity index (χ4v) is 2.82. The van der Waals surface area contributed by atoms with E-state index in [9.17, 15) is 13.6 Å². The van der Waals surface area contributed by atoms with Gasteiger partial charge in [0.15, 0.2) is 0 Å². The largest absolute Gasteiger partial charge is 0.366 e. The molecule has 1 N–H and O–H groups in total. The molecule has 1 heterocycles. The third kappa shape index (κ3) is 3.59. The van der Waals surface area contributed by atoms with Gasteiger partial charge in [-0.15, -0.1) is 0 Å². The van der Waals surface area contributed by atoms with Crippen molar-refractivity contribution >= 4 is 29.0 Å². The van der Waals surface area contributed by atoms with E-state index in [2.05, 4.69) is 5.32 Å². The van der Waals surface area contributed by atoms with Crippen molar-refractivity contribution in [2.24, 2.45) is 0 Å². The van der Waals surface area contributed by atoms with Crippen LogP contribution in [0.1, 0.15) is 0 Å². The van der Waals surface area contributed by atoms with Crippen molar-refractivity contribution in [2.45, 2.75) is 0 Å². The smallest absolute Gasteiger partial charge is 0.321 e. The van der Waals surface area contributed by atoms with Crippen molar-refractivity contribution in [2.75, 3.05) is 36.4 Å². The first-order valence-corrected chi connectivity index (χ1v) is 7.93. The second-order valence-electron chi connectivity index (χ2n) is 5.48. The summed E-state index contributed by atoms with van der Waals surface area (Å²) < 4.78 is 26.9. The predicted molar refractivity (Wildman–Crippen MR) is 90.6 cm³/mol. The summed E-state index contributed by atoms with van der Waals surface area (Å²) in [5.41, 5.74) is 0.978. The van der Waals surface area contributed by atoms with Crippen LogP contribution in [-0.4, -0.2) is 37.1 Å². The molecule has 0 bridgehead atoms. The number of urea groups is 1. The van der Waals surface area contributed by atoms with Gasteiger partial charge in [-0.25, -0.2) is 13.6 Å². The number of hydrogen-bond acceptors (Lipinski definition) is 2. The summed E-state index contributed by atoms with van der Waals surface area (Å²) >= 11 is 5.70. The Morgan fingerprint density at radius 3 is 2.38 bits per heavy atom. The molecule has 0 saturated carbocycles. The second kappa shape index (κ2) is 7.05. The number of amides is 2. The molecule has 1 aliphatic rings.